The smallest absolute Gasteiger partial charge is 0.316 e. The number of amides is 2. The van der Waals surface area contributed by atoms with Crippen LogP contribution >= 0.6 is 0 Å². The molecule has 9 nitrogen and oxygen atoms in total. The Balaban J connectivity index is 1.51. The van der Waals surface area contributed by atoms with Crippen molar-refractivity contribution in [2.24, 2.45) is 0 Å². The first-order valence-electron chi connectivity index (χ1n) is 8.60. The van der Waals surface area contributed by atoms with Crippen LogP contribution in [0.25, 0.3) is 0 Å². The highest BCUT2D eigenvalue weighted by atomic mass is 32.3. The molecule has 0 aromatic heterocycles. The average molecular weight is 362 g/mol. The van der Waals surface area contributed by atoms with E-state index in [9.17, 15) is 13.2 Å². The van der Waals surface area contributed by atoms with Crippen LogP contribution in [0.5, 0.6) is 0 Å². The first-order chi connectivity index (χ1) is 11.4. The summed E-state index contributed by atoms with van der Waals surface area (Å²) in [4.78, 5) is 16.4. The highest BCUT2D eigenvalue weighted by Gasteiger charge is 2.47. The quantitative estimate of drug-likeness (QED) is 0.644. The molecule has 3 aliphatic rings. The fraction of sp³-hybridized carbons (Fsp3) is 0.929. The van der Waals surface area contributed by atoms with Crippen LogP contribution in [0.4, 0.5) is 4.79 Å². The third-order valence-electron chi connectivity index (χ3n) is 5.30. The Kier molecular flexibility index (Phi) is 5.30. The Hall–Kier alpha value is -0.940. The molecule has 2 bridgehead atoms. The summed E-state index contributed by atoms with van der Waals surface area (Å²) in [6.07, 6.45) is 3.67. The van der Waals surface area contributed by atoms with E-state index in [0.717, 1.165) is 44.0 Å². The van der Waals surface area contributed by atoms with E-state index in [4.69, 9.17) is 4.55 Å². The van der Waals surface area contributed by atoms with Gasteiger partial charge in [0.05, 0.1) is 6.04 Å². The minimum absolute atomic E-state index is 0.0351. The van der Waals surface area contributed by atoms with Crippen LogP contribution in [0.3, 0.4) is 0 Å². The van der Waals surface area contributed by atoms with Crippen molar-refractivity contribution in [3.8, 4) is 0 Å². The van der Waals surface area contributed by atoms with Gasteiger partial charge in [-0.25, -0.2) is 4.79 Å². The van der Waals surface area contributed by atoms with Crippen molar-refractivity contribution in [1.29, 1.82) is 0 Å². The molecule has 24 heavy (non-hydrogen) atoms. The Morgan fingerprint density at radius 2 is 1.96 bits per heavy atom. The van der Waals surface area contributed by atoms with Crippen molar-refractivity contribution in [3.05, 3.63) is 0 Å². The van der Waals surface area contributed by atoms with Crippen LogP contribution in [-0.4, -0.2) is 84.7 Å². The van der Waals surface area contributed by atoms with Crippen molar-refractivity contribution >= 4 is 16.4 Å². The fourth-order valence-corrected chi connectivity index (χ4v) is 4.27. The van der Waals surface area contributed by atoms with E-state index in [0.29, 0.717) is 25.6 Å². The third kappa shape index (κ3) is 3.99. The highest BCUT2D eigenvalue weighted by Crippen LogP contribution is 2.30. The maximum atomic E-state index is 12.3. The van der Waals surface area contributed by atoms with Gasteiger partial charge >= 0.3 is 16.4 Å². The molecule has 2 unspecified atom stereocenters. The summed E-state index contributed by atoms with van der Waals surface area (Å²) in [7, 11) is -4.68. The molecule has 0 spiro atoms. The molecule has 3 aliphatic heterocycles. The molecule has 0 aromatic rings. The monoisotopic (exact) mass is 362 g/mol. The molecule has 2 N–H and O–H groups in total. The van der Waals surface area contributed by atoms with Crippen molar-refractivity contribution in [2.45, 2.75) is 50.7 Å². The molecular formula is C14H26N4O5S. The predicted octanol–water partition coefficient (Wildman–Crippen LogP) is 0.0633. The predicted molar refractivity (Wildman–Crippen MR) is 86.5 cm³/mol. The standard InChI is InChI=1S/C14H26N4O5S/c1-2-16-7-5-11(6-8-16)15-9-12-3-4-13-10-17(12)14(19)18(13)23-24(20,21)22/h11-13,15H,2-10H2,1H3,(H,20,21,22). The van der Waals surface area contributed by atoms with Crippen molar-refractivity contribution < 1.29 is 22.0 Å². The number of piperidine rings is 2. The van der Waals surface area contributed by atoms with E-state index < -0.39 is 16.4 Å². The van der Waals surface area contributed by atoms with Crippen LogP contribution in [-0.2, 0) is 14.7 Å². The Bertz CT molecular complexity index is 564. The lowest BCUT2D eigenvalue weighted by Gasteiger charge is -2.35. The fourth-order valence-electron chi connectivity index (χ4n) is 3.88. The molecule has 0 aliphatic carbocycles. The number of nitrogens with zero attached hydrogens (tertiary/aromatic N) is 3. The van der Waals surface area contributed by atoms with Crippen LogP contribution in [0.15, 0.2) is 0 Å². The van der Waals surface area contributed by atoms with Crippen molar-refractivity contribution in [1.82, 2.24) is 20.2 Å². The van der Waals surface area contributed by atoms with Gasteiger partial charge in [0, 0.05) is 25.2 Å². The number of hydroxylamine groups is 2. The lowest BCUT2D eigenvalue weighted by molar-refractivity contribution is -0.0317. The SMILES string of the molecule is CCN1CCC(NCC2CCC3CN2C(=O)N3OS(=O)(=O)O)CC1. The molecule has 3 saturated heterocycles. The minimum Gasteiger partial charge on any atom is -0.316 e. The number of urea groups is 1. The van der Waals surface area contributed by atoms with Gasteiger partial charge in [0.1, 0.15) is 0 Å². The summed E-state index contributed by atoms with van der Waals surface area (Å²) in [5.41, 5.74) is 0. The molecule has 3 fully saturated rings. The lowest BCUT2D eigenvalue weighted by atomic mass is 9.99. The van der Waals surface area contributed by atoms with Gasteiger partial charge in [-0.1, -0.05) is 6.92 Å². The molecule has 2 amide bonds. The van der Waals surface area contributed by atoms with Crippen LogP contribution in [0.1, 0.15) is 32.6 Å². The van der Waals surface area contributed by atoms with E-state index in [1.807, 2.05) is 0 Å². The summed E-state index contributed by atoms with van der Waals surface area (Å²) < 4.78 is 35.0. The van der Waals surface area contributed by atoms with Crippen molar-refractivity contribution in [2.75, 3.05) is 32.7 Å². The number of fused-ring (bicyclic) bond motifs is 2. The maximum absolute atomic E-state index is 12.3. The summed E-state index contributed by atoms with van der Waals surface area (Å²) in [6.45, 7) is 6.59. The summed E-state index contributed by atoms with van der Waals surface area (Å²) in [6, 6.07) is -0.299. The first-order valence-corrected chi connectivity index (χ1v) is 9.96. The van der Waals surface area contributed by atoms with E-state index in [2.05, 4.69) is 21.4 Å². The maximum Gasteiger partial charge on any atom is 0.418 e. The molecule has 2 atom stereocenters. The second-order valence-electron chi connectivity index (χ2n) is 6.76. The number of hydrogen-bond donors (Lipinski definition) is 2. The van der Waals surface area contributed by atoms with Gasteiger partial charge in [0.15, 0.2) is 0 Å². The normalized spacial score (nSPS) is 29.5. The van der Waals surface area contributed by atoms with Gasteiger partial charge < -0.3 is 15.1 Å². The summed E-state index contributed by atoms with van der Waals surface area (Å²) >= 11 is 0. The number of nitrogens with one attached hydrogen (secondary N) is 1. The summed E-state index contributed by atoms with van der Waals surface area (Å²) in [5, 5.41) is 4.36. The number of likely N-dealkylation sites (tertiary alicyclic amines) is 1. The van der Waals surface area contributed by atoms with E-state index in [1.54, 1.807) is 4.90 Å². The lowest BCUT2D eigenvalue weighted by Crippen LogP contribution is -2.50. The molecule has 0 aromatic carbocycles. The second-order valence-corrected chi connectivity index (χ2v) is 7.77. The van der Waals surface area contributed by atoms with Gasteiger partial charge in [-0.15, -0.1) is 4.28 Å². The van der Waals surface area contributed by atoms with E-state index >= 15 is 0 Å². The summed E-state index contributed by atoms with van der Waals surface area (Å²) in [5.74, 6) is 0. The van der Waals surface area contributed by atoms with Crippen LogP contribution in [0.2, 0.25) is 0 Å². The Morgan fingerprint density at radius 1 is 1.25 bits per heavy atom. The molecular weight excluding hydrogens is 336 g/mol. The zero-order valence-electron chi connectivity index (χ0n) is 13.9. The Labute approximate surface area is 142 Å². The van der Waals surface area contributed by atoms with Crippen molar-refractivity contribution in [3.63, 3.8) is 0 Å². The minimum atomic E-state index is -4.68. The zero-order chi connectivity index (χ0) is 17.3. The molecule has 0 radical (unpaired) electrons. The Morgan fingerprint density at radius 3 is 2.58 bits per heavy atom. The van der Waals surface area contributed by atoms with Gasteiger partial charge in [-0.3, -0.25) is 4.55 Å². The molecule has 0 saturated carbocycles. The van der Waals surface area contributed by atoms with E-state index in [-0.39, 0.29) is 12.1 Å². The first kappa shape index (κ1) is 17.9. The van der Waals surface area contributed by atoms with Crippen LogP contribution in [0, 0.1) is 0 Å². The number of carbonyl (C=O) groups excluding carboxylic acids is 1. The van der Waals surface area contributed by atoms with Gasteiger partial charge in [-0.05, 0) is 45.3 Å². The van der Waals surface area contributed by atoms with Gasteiger partial charge in [-0.2, -0.15) is 13.5 Å². The van der Waals surface area contributed by atoms with Crippen LogP contribution < -0.4 is 5.32 Å². The van der Waals surface area contributed by atoms with Gasteiger partial charge in [0.25, 0.3) is 0 Å². The zero-order valence-corrected chi connectivity index (χ0v) is 14.7. The number of carbonyl (C=O) groups is 1. The molecule has 138 valence electrons. The highest BCUT2D eigenvalue weighted by molar-refractivity contribution is 7.80. The number of hydrogen-bond acceptors (Lipinski definition) is 6. The topological polar surface area (TPSA) is 102 Å². The second kappa shape index (κ2) is 7.12. The van der Waals surface area contributed by atoms with E-state index in [1.165, 1.54) is 0 Å². The molecule has 3 rings (SSSR count). The average Bonchev–Trinajstić information content (AvgIpc) is 2.79. The van der Waals surface area contributed by atoms with Gasteiger partial charge in [0.2, 0.25) is 0 Å². The molecule has 10 heteroatoms. The largest absolute Gasteiger partial charge is 0.418 e. The third-order valence-corrected chi connectivity index (χ3v) is 5.65. The molecule has 3 heterocycles. The number of rotatable bonds is 6.